The Balaban J connectivity index is 1.83. The molecule has 27 heavy (non-hydrogen) atoms. The maximum absolute atomic E-state index is 12.6. The van der Waals surface area contributed by atoms with E-state index in [1.165, 1.54) is 0 Å². The molecule has 2 aromatic carbocycles. The Bertz CT molecular complexity index is 965. The van der Waals surface area contributed by atoms with Crippen molar-refractivity contribution in [3.63, 3.8) is 0 Å². The topological polar surface area (TPSA) is 76.1 Å². The van der Waals surface area contributed by atoms with Crippen LogP contribution in [0.4, 0.5) is 17.3 Å². The van der Waals surface area contributed by atoms with E-state index in [1.54, 1.807) is 19.4 Å². The van der Waals surface area contributed by atoms with Crippen molar-refractivity contribution in [2.45, 2.75) is 20.8 Å². The average Bonchev–Trinajstić information content (AvgIpc) is 2.65. The largest absolute Gasteiger partial charge is 0.495 e. The van der Waals surface area contributed by atoms with Crippen molar-refractivity contribution in [3.8, 4) is 5.75 Å². The number of nitrogens with one attached hydrogen (secondary N) is 2. The minimum Gasteiger partial charge on any atom is -0.495 e. The van der Waals surface area contributed by atoms with Crippen LogP contribution in [0, 0.1) is 20.8 Å². The van der Waals surface area contributed by atoms with Crippen LogP contribution >= 0.6 is 0 Å². The maximum atomic E-state index is 12.6. The summed E-state index contributed by atoms with van der Waals surface area (Å²) >= 11 is 0. The molecule has 3 rings (SSSR count). The first kappa shape index (κ1) is 18.4. The fourth-order valence-electron chi connectivity index (χ4n) is 2.77. The number of methoxy groups -OCH3 is 1. The van der Waals surface area contributed by atoms with Crippen LogP contribution in [0.5, 0.6) is 5.75 Å². The van der Waals surface area contributed by atoms with Gasteiger partial charge in [0.1, 0.15) is 11.4 Å². The lowest BCUT2D eigenvalue weighted by molar-refractivity contribution is 0.102. The number of hydrogen-bond donors (Lipinski definition) is 2. The van der Waals surface area contributed by atoms with Crippen molar-refractivity contribution < 1.29 is 9.53 Å². The van der Waals surface area contributed by atoms with Crippen molar-refractivity contribution >= 4 is 23.2 Å². The van der Waals surface area contributed by atoms with E-state index in [2.05, 4.69) is 20.6 Å². The number of benzene rings is 2. The quantitative estimate of drug-likeness (QED) is 0.703. The summed E-state index contributed by atoms with van der Waals surface area (Å²) in [5.74, 6) is 0.719. The Hall–Kier alpha value is -3.41. The summed E-state index contributed by atoms with van der Waals surface area (Å²) in [5, 5.41) is 6.05. The number of carbonyl (C=O) groups is 1. The molecule has 0 aliphatic heterocycles. The number of anilines is 3. The van der Waals surface area contributed by atoms with Crippen LogP contribution in [0.3, 0.4) is 0 Å². The van der Waals surface area contributed by atoms with Gasteiger partial charge in [-0.2, -0.15) is 0 Å². The highest BCUT2D eigenvalue weighted by Gasteiger charge is 2.13. The van der Waals surface area contributed by atoms with Gasteiger partial charge in [-0.15, -0.1) is 0 Å². The highest BCUT2D eigenvalue weighted by atomic mass is 16.5. The second kappa shape index (κ2) is 7.86. The van der Waals surface area contributed by atoms with Crippen LogP contribution in [-0.4, -0.2) is 23.0 Å². The van der Waals surface area contributed by atoms with Gasteiger partial charge in [0.2, 0.25) is 5.95 Å². The summed E-state index contributed by atoms with van der Waals surface area (Å²) in [4.78, 5) is 21.2. The molecule has 1 aromatic heterocycles. The number of ether oxygens (including phenoxy) is 1. The molecule has 0 aliphatic rings. The fraction of sp³-hybridized carbons (Fsp3) is 0.190. The molecule has 0 fully saturated rings. The molecular weight excluding hydrogens is 340 g/mol. The van der Waals surface area contributed by atoms with Gasteiger partial charge in [0, 0.05) is 11.9 Å². The number of aromatic nitrogens is 2. The van der Waals surface area contributed by atoms with Gasteiger partial charge in [0.25, 0.3) is 5.91 Å². The smallest absolute Gasteiger partial charge is 0.274 e. The van der Waals surface area contributed by atoms with Gasteiger partial charge in [-0.3, -0.25) is 4.79 Å². The van der Waals surface area contributed by atoms with Crippen molar-refractivity contribution in [2.75, 3.05) is 17.7 Å². The summed E-state index contributed by atoms with van der Waals surface area (Å²) in [7, 11) is 1.60. The highest BCUT2D eigenvalue weighted by molar-refractivity contribution is 6.03. The van der Waals surface area contributed by atoms with E-state index >= 15 is 0 Å². The summed E-state index contributed by atoms with van der Waals surface area (Å²) in [6.07, 6.45) is 1.55. The number of carbonyl (C=O) groups excluding carboxylic acids is 1. The van der Waals surface area contributed by atoms with Gasteiger partial charge >= 0.3 is 0 Å². The number of amides is 1. The Morgan fingerprint density at radius 2 is 1.78 bits per heavy atom. The second-order valence-electron chi connectivity index (χ2n) is 6.32. The monoisotopic (exact) mass is 362 g/mol. The third-order valence-corrected chi connectivity index (χ3v) is 4.21. The predicted octanol–water partition coefficient (Wildman–Crippen LogP) is 4.41. The van der Waals surface area contributed by atoms with Gasteiger partial charge < -0.3 is 15.4 Å². The van der Waals surface area contributed by atoms with Gasteiger partial charge in [-0.1, -0.05) is 24.3 Å². The molecule has 0 unspecified atom stereocenters. The summed E-state index contributed by atoms with van der Waals surface area (Å²) < 4.78 is 5.36. The first-order valence-electron chi connectivity index (χ1n) is 8.60. The van der Waals surface area contributed by atoms with E-state index in [9.17, 15) is 4.79 Å². The normalized spacial score (nSPS) is 10.4. The number of aryl methyl sites for hydroxylation is 3. The first-order chi connectivity index (χ1) is 13.0. The predicted molar refractivity (Wildman–Crippen MR) is 107 cm³/mol. The van der Waals surface area contributed by atoms with E-state index in [1.807, 2.05) is 57.2 Å². The van der Waals surface area contributed by atoms with E-state index in [0.717, 1.165) is 28.1 Å². The Morgan fingerprint density at radius 3 is 2.48 bits per heavy atom. The molecule has 1 heterocycles. The molecule has 1 amide bonds. The molecule has 0 saturated carbocycles. The van der Waals surface area contributed by atoms with Crippen molar-refractivity contribution in [1.82, 2.24) is 9.97 Å². The number of rotatable bonds is 5. The fourth-order valence-corrected chi connectivity index (χ4v) is 2.77. The number of hydrogen-bond acceptors (Lipinski definition) is 5. The van der Waals surface area contributed by atoms with Crippen LogP contribution < -0.4 is 15.4 Å². The lowest BCUT2D eigenvalue weighted by atomic mass is 10.1. The molecule has 0 atom stereocenters. The minimum atomic E-state index is -0.283. The number of para-hydroxylation sites is 1. The van der Waals surface area contributed by atoms with E-state index in [0.29, 0.717) is 11.7 Å². The van der Waals surface area contributed by atoms with Crippen LogP contribution in [0.25, 0.3) is 0 Å². The molecule has 0 spiro atoms. The molecule has 0 bridgehead atoms. The first-order valence-corrected chi connectivity index (χ1v) is 8.60. The molecule has 3 aromatic rings. The van der Waals surface area contributed by atoms with E-state index < -0.39 is 0 Å². The molecule has 0 radical (unpaired) electrons. The third-order valence-electron chi connectivity index (χ3n) is 4.21. The van der Waals surface area contributed by atoms with Gasteiger partial charge in [0.15, 0.2) is 0 Å². The van der Waals surface area contributed by atoms with E-state index in [4.69, 9.17) is 4.74 Å². The standard InChI is InChI=1S/C21H22N4O2/c1-13-8-9-18(27-4)17(12-13)24-21-22-11-10-16(23-21)20(26)25-19-14(2)6-5-7-15(19)3/h5-12H,1-4H3,(H,25,26)(H,22,23,24). The van der Waals surface area contributed by atoms with Crippen molar-refractivity contribution in [1.29, 1.82) is 0 Å². The lowest BCUT2D eigenvalue weighted by Gasteiger charge is -2.13. The van der Waals surface area contributed by atoms with Gasteiger partial charge in [-0.25, -0.2) is 9.97 Å². The molecule has 6 nitrogen and oxygen atoms in total. The molecule has 2 N–H and O–H groups in total. The average molecular weight is 362 g/mol. The zero-order valence-corrected chi connectivity index (χ0v) is 15.8. The summed E-state index contributed by atoms with van der Waals surface area (Å²) in [6, 6.07) is 13.2. The Kier molecular flexibility index (Phi) is 5.35. The maximum Gasteiger partial charge on any atom is 0.274 e. The molecular formula is C21H22N4O2. The Labute approximate surface area is 158 Å². The van der Waals surface area contributed by atoms with E-state index in [-0.39, 0.29) is 11.6 Å². The van der Waals surface area contributed by atoms with Gasteiger partial charge in [-0.05, 0) is 55.7 Å². The third kappa shape index (κ3) is 4.23. The highest BCUT2D eigenvalue weighted by Crippen LogP contribution is 2.27. The number of nitrogens with zero attached hydrogens (tertiary/aromatic N) is 2. The van der Waals surface area contributed by atoms with Crippen LogP contribution in [0.15, 0.2) is 48.7 Å². The molecule has 138 valence electrons. The SMILES string of the molecule is COc1ccc(C)cc1Nc1nccc(C(=O)Nc2c(C)cccc2C)n1. The van der Waals surface area contributed by atoms with Crippen molar-refractivity contribution in [2.24, 2.45) is 0 Å². The molecule has 0 aliphatic carbocycles. The second-order valence-corrected chi connectivity index (χ2v) is 6.32. The van der Waals surface area contributed by atoms with Gasteiger partial charge in [0.05, 0.1) is 12.8 Å². The zero-order chi connectivity index (χ0) is 19.4. The molecule has 0 saturated heterocycles. The van der Waals surface area contributed by atoms with Crippen LogP contribution in [0.1, 0.15) is 27.2 Å². The molecule has 6 heteroatoms. The minimum absolute atomic E-state index is 0.279. The van der Waals surface area contributed by atoms with Crippen LogP contribution in [-0.2, 0) is 0 Å². The summed E-state index contributed by atoms with van der Waals surface area (Å²) in [5.41, 5.74) is 4.89. The zero-order valence-electron chi connectivity index (χ0n) is 15.8. The lowest BCUT2D eigenvalue weighted by Crippen LogP contribution is -2.16. The summed E-state index contributed by atoms with van der Waals surface area (Å²) in [6.45, 7) is 5.90. The Morgan fingerprint density at radius 1 is 1.04 bits per heavy atom. The van der Waals surface area contributed by atoms with Crippen molar-refractivity contribution in [3.05, 3.63) is 71.0 Å². The van der Waals surface area contributed by atoms with Crippen LogP contribution in [0.2, 0.25) is 0 Å².